The van der Waals surface area contributed by atoms with Crippen molar-refractivity contribution in [3.05, 3.63) is 68.9 Å². The lowest BCUT2D eigenvalue weighted by Gasteiger charge is -2.31. The SMILES string of the molecule is CCC/C(=C\c1ccccc1O)CC[C@H]1OC[C@H]2C1=C(CO)C[C@H]1C(=O)N(Cc3cccs3)C(=O)[C@H]12. The Kier molecular flexibility index (Phi) is 7.42. The highest BCUT2D eigenvalue weighted by molar-refractivity contribution is 7.09. The van der Waals surface area contributed by atoms with Gasteiger partial charge in [-0.25, -0.2) is 0 Å². The van der Waals surface area contributed by atoms with Crippen molar-refractivity contribution in [3.63, 3.8) is 0 Å². The summed E-state index contributed by atoms with van der Waals surface area (Å²) in [5.74, 6) is -0.927. The number of fused-ring (bicyclic) bond motifs is 3. The second-order valence-electron chi connectivity index (χ2n) is 9.97. The molecule has 2 amide bonds. The van der Waals surface area contributed by atoms with Crippen LogP contribution in [0.3, 0.4) is 0 Å². The maximum absolute atomic E-state index is 13.4. The summed E-state index contributed by atoms with van der Waals surface area (Å²) in [4.78, 5) is 29.1. The summed E-state index contributed by atoms with van der Waals surface area (Å²) in [5.41, 5.74) is 3.95. The number of hydrogen-bond acceptors (Lipinski definition) is 6. The number of amides is 2. The monoisotopic (exact) mass is 507 g/mol. The number of carbonyl (C=O) groups excluding carboxylic acids is 2. The Morgan fingerprint density at radius 3 is 2.69 bits per heavy atom. The van der Waals surface area contributed by atoms with E-state index in [9.17, 15) is 19.8 Å². The standard InChI is InChI=1S/C29H33NO5S/c1-2-6-18(13-19-7-3-4-9-24(19)32)10-11-25-26-20(16-31)14-22-27(23(26)17-35-25)29(34)30(28(22)33)15-21-8-5-12-36-21/h3-5,7-9,12-13,22-23,25,27,31-32H,2,6,10-11,14-17H2,1H3/b18-13+/t22-,23+,25-,27-/m1/s1. The minimum absolute atomic E-state index is 0.103. The molecule has 3 heterocycles. The molecule has 2 aliphatic heterocycles. The van der Waals surface area contributed by atoms with E-state index in [1.165, 1.54) is 10.5 Å². The van der Waals surface area contributed by atoms with Gasteiger partial charge in [-0.15, -0.1) is 11.3 Å². The molecule has 1 aromatic heterocycles. The predicted octanol–water partition coefficient (Wildman–Crippen LogP) is 4.93. The van der Waals surface area contributed by atoms with Gasteiger partial charge in [-0.3, -0.25) is 14.5 Å². The van der Waals surface area contributed by atoms with Crippen LogP contribution in [-0.4, -0.2) is 46.2 Å². The van der Waals surface area contributed by atoms with Gasteiger partial charge in [0.2, 0.25) is 11.8 Å². The maximum atomic E-state index is 13.4. The molecule has 4 atom stereocenters. The number of rotatable bonds is 9. The number of para-hydroxylation sites is 1. The number of aliphatic hydroxyl groups excluding tert-OH is 1. The fourth-order valence-corrected chi connectivity index (χ4v) is 6.83. The third-order valence-electron chi connectivity index (χ3n) is 7.78. The van der Waals surface area contributed by atoms with Gasteiger partial charge in [0, 0.05) is 16.4 Å². The van der Waals surface area contributed by atoms with Gasteiger partial charge in [0.25, 0.3) is 0 Å². The first-order valence-corrected chi connectivity index (χ1v) is 13.7. The van der Waals surface area contributed by atoms with Crippen molar-refractivity contribution in [2.75, 3.05) is 13.2 Å². The quantitative estimate of drug-likeness (QED) is 0.371. The van der Waals surface area contributed by atoms with Gasteiger partial charge in [0.15, 0.2) is 0 Å². The molecule has 36 heavy (non-hydrogen) atoms. The summed E-state index contributed by atoms with van der Waals surface area (Å²) in [5, 5.41) is 22.4. The molecule has 7 heteroatoms. The first kappa shape index (κ1) is 24.9. The highest BCUT2D eigenvalue weighted by atomic mass is 32.1. The highest BCUT2D eigenvalue weighted by Gasteiger charge is 2.56. The lowest BCUT2D eigenvalue weighted by molar-refractivity contribution is -0.140. The zero-order valence-corrected chi connectivity index (χ0v) is 21.4. The van der Waals surface area contributed by atoms with E-state index in [-0.39, 0.29) is 36.2 Å². The van der Waals surface area contributed by atoms with Crippen LogP contribution < -0.4 is 0 Å². The van der Waals surface area contributed by atoms with E-state index in [1.54, 1.807) is 17.4 Å². The maximum Gasteiger partial charge on any atom is 0.234 e. The number of ether oxygens (including phenoxy) is 1. The number of likely N-dealkylation sites (tertiary alicyclic amines) is 1. The number of phenols is 1. The average molecular weight is 508 g/mol. The Labute approximate surface area is 215 Å². The smallest absolute Gasteiger partial charge is 0.234 e. The molecular weight excluding hydrogens is 474 g/mol. The normalized spacial score (nSPS) is 26.1. The number of phenolic OH excluding ortho intramolecular Hbond substituents is 1. The Balaban J connectivity index is 1.34. The van der Waals surface area contributed by atoms with Crippen LogP contribution in [0.2, 0.25) is 0 Å². The molecule has 2 aromatic rings. The highest BCUT2D eigenvalue weighted by Crippen LogP contribution is 2.50. The largest absolute Gasteiger partial charge is 0.507 e. The van der Waals surface area contributed by atoms with Crippen molar-refractivity contribution in [2.45, 2.75) is 51.7 Å². The number of carbonyl (C=O) groups is 2. The van der Waals surface area contributed by atoms with Crippen molar-refractivity contribution in [3.8, 4) is 5.75 Å². The zero-order chi connectivity index (χ0) is 25.2. The first-order chi connectivity index (χ1) is 17.5. The summed E-state index contributed by atoms with van der Waals surface area (Å²) in [7, 11) is 0. The number of imide groups is 1. The molecule has 0 saturated carbocycles. The number of hydrogen-bond donors (Lipinski definition) is 2. The molecule has 6 nitrogen and oxygen atoms in total. The Bertz CT molecular complexity index is 1180. The van der Waals surface area contributed by atoms with Crippen LogP contribution >= 0.6 is 11.3 Å². The van der Waals surface area contributed by atoms with Gasteiger partial charge in [-0.1, -0.05) is 49.3 Å². The summed E-state index contributed by atoms with van der Waals surface area (Å²) in [6.07, 6.45) is 5.78. The van der Waals surface area contributed by atoms with Crippen molar-refractivity contribution in [1.29, 1.82) is 0 Å². The lowest BCUT2D eigenvalue weighted by atomic mass is 9.69. The molecule has 3 aliphatic rings. The zero-order valence-electron chi connectivity index (χ0n) is 20.6. The van der Waals surface area contributed by atoms with Crippen molar-refractivity contribution in [1.82, 2.24) is 4.90 Å². The average Bonchev–Trinajstić information content (AvgIpc) is 3.60. The third kappa shape index (κ3) is 4.67. The third-order valence-corrected chi connectivity index (χ3v) is 8.64. The van der Waals surface area contributed by atoms with Gasteiger partial charge < -0.3 is 14.9 Å². The number of allylic oxidation sites excluding steroid dienone is 1. The molecule has 2 saturated heterocycles. The second kappa shape index (κ2) is 10.7. The van der Waals surface area contributed by atoms with Crippen LogP contribution in [0.15, 0.2) is 58.5 Å². The number of aliphatic hydroxyl groups is 1. The van der Waals surface area contributed by atoms with Crippen LogP contribution in [-0.2, 0) is 20.9 Å². The molecule has 0 radical (unpaired) electrons. The van der Waals surface area contributed by atoms with E-state index in [0.29, 0.717) is 19.6 Å². The molecule has 2 N–H and O–H groups in total. The van der Waals surface area contributed by atoms with Gasteiger partial charge >= 0.3 is 0 Å². The lowest BCUT2D eigenvalue weighted by Crippen LogP contribution is -2.34. The number of aromatic hydroxyl groups is 1. The molecule has 0 unspecified atom stereocenters. The number of thiophene rings is 1. The fraction of sp³-hybridized carbons (Fsp3) is 0.448. The summed E-state index contributed by atoms with van der Waals surface area (Å²) in [6.45, 7) is 2.75. The molecular formula is C29H33NO5S. The topological polar surface area (TPSA) is 87.1 Å². The van der Waals surface area contributed by atoms with Gasteiger partial charge in [0.05, 0.1) is 37.7 Å². The van der Waals surface area contributed by atoms with Crippen LogP contribution in [0.25, 0.3) is 6.08 Å². The van der Waals surface area contributed by atoms with Gasteiger partial charge in [-0.05, 0) is 54.3 Å². The van der Waals surface area contributed by atoms with Crippen molar-refractivity contribution >= 4 is 29.2 Å². The fourth-order valence-electron chi connectivity index (χ4n) is 6.13. The molecule has 190 valence electrons. The minimum Gasteiger partial charge on any atom is -0.507 e. The van der Waals surface area contributed by atoms with Crippen molar-refractivity contribution in [2.24, 2.45) is 17.8 Å². The molecule has 5 rings (SSSR count). The molecule has 1 aromatic carbocycles. The van der Waals surface area contributed by atoms with E-state index in [1.807, 2.05) is 35.7 Å². The predicted molar refractivity (Wildman–Crippen MR) is 139 cm³/mol. The molecule has 2 fully saturated rings. The van der Waals surface area contributed by atoms with Crippen LogP contribution in [0.5, 0.6) is 5.75 Å². The van der Waals surface area contributed by atoms with E-state index >= 15 is 0 Å². The number of nitrogens with zero attached hydrogens (tertiary/aromatic N) is 1. The van der Waals surface area contributed by atoms with Crippen molar-refractivity contribution < 1.29 is 24.5 Å². The van der Waals surface area contributed by atoms with E-state index < -0.39 is 11.8 Å². The van der Waals surface area contributed by atoms with Gasteiger partial charge in [0.1, 0.15) is 5.75 Å². The summed E-state index contributed by atoms with van der Waals surface area (Å²) < 4.78 is 6.24. The Morgan fingerprint density at radius 2 is 1.97 bits per heavy atom. The first-order valence-electron chi connectivity index (χ1n) is 12.8. The van der Waals surface area contributed by atoms with E-state index in [0.717, 1.165) is 47.3 Å². The van der Waals surface area contributed by atoms with E-state index in [4.69, 9.17) is 4.74 Å². The van der Waals surface area contributed by atoms with Crippen LogP contribution in [0.4, 0.5) is 0 Å². The summed E-state index contributed by atoms with van der Waals surface area (Å²) in [6, 6.07) is 11.2. The van der Waals surface area contributed by atoms with E-state index in [2.05, 4.69) is 13.0 Å². The molecule has 0 spiro atoms. The van der Waals surface area contributed by atoms with Crippen LogP contribution in [0.1, 0.15) is 49.5 Å². The second-order valence-corrected chi connectivity index (χ2v) is 11.0. The molecule has 0 bridgehead atoms. The minimum atomic E-state index is -0.410. The van der Waals surface area contributed by atoms with Gasteiger partial charge in [-0.2, -0.15) is 0 Å². The summed E-state index contributed by atoms with van der Waals surface area (Å²) >= 11 is 1.54. The molecule has 1 aliphatic carbocycles. The Morgan fingerprint density at radius 1 is 1.14 bits per heavy atom. The number of benzene rings is 1. The Hall–Kier alpha value is -2.74. The van der Waals surface area contributed by atoms with Crippen LogP contribution in [0, 0.1) is 17.8 Å².